The number of rotatable bonds is 2. The van der Waals surface area contributed by atoms with Gasteiger partial charge in [-0.3, -0.25) is 4.79 Å². The minimum absolute atomic E-state index is 0.172. The van der Waals surface area contributed by atoms with E-state index in [4.69, 9.17) is 4.74 Å². The Labute approximate surface area is 101 Å². The van der Waals surface area contributed by atoms with Gasteiger partial charge in [-0.2, -0.15) is 0 Å². The second kappa shape index (κ2) is 5.04. The smallest absolute Gasteiger partial charge is 0.416 e. The maximum absolute atomic E-state index is 11.4. The van der Waals surface area contributed by atoms with Gasteiger partial charge in [-0.15, -0.1) is 0 Å². The van der Waals surface area contributed by atoms with Gasteiger partial charge in [0.05, 0.1) is 6.04 Å². The highest BCUT2D eigenvalue weighted by Crippen LogP contribution is 2.21. The van der Waals surface area contributed by atoms with Crippen LogP contribution in [0, 0.1) is 0 Å². The van der Waals surface area contributed by atoms with Gasteiger partial charge >= 0.3 is 6.09 Å². The van der Waals surface area contributed by atoms with E-state index < -0.39 is 6.09 Å². The fraction of sp³-hybridized carbons (Fsp3) is 0.333. The maximum atomic E-state index is 11.4. The van der Waals surface area contributed by atoms with Gasteiger partial charge < -0.3 is 4.74 Å². The summed E-state index contributed by atoms with van der Waals surface area (Å²) in [6.45, 7) is 0.289. The van der Waals surface area contributed by atoms with Gasteiger partial charge in [-0.1, -0.05) is 30.4 Å². The zero-order chi connectivity index (χ0) is 12.3. The first-order chi connectivity index (χ1) is 8.18. The van der Waals surface area contributed by atoms with Crippen molar-refractivity contribution >= 4 is 19.7 Å². The van der Waals surface area contributed by atoms with Gasteiger partial charge in [0.25, 0.3) is 0 Å². The second-order valence-electron chi connectivity index (χ2n) is 4.13. The molecule has 0 unspecified atom stereocenters. The first-order valence-corrected chi connectivity index (χ1v) is 5.67. The topological polar surface area (TPSA) is 46.6 Å². The molecule has 1 aliphatic carbocycles. The molecule has 0 radical (unpaired) electrons. The quantitative estimate of drug-likeness (QED) is 0.674. The second-order valence-corrected chi connectivity index (χ2v) is 4.13. The molecule has 0 saturated carbocycles. The molecule has 0 aromatic heterocycles. The third kappa shape index (κ3) is 2.67. The van der Waals surface area contributed by atoms with E-state index in [1.807, 2.05) is 18.2 Å². The largest absolute Gasteiger partial charge is 0.447 e. The number of allylic oxidation sites excluding steroid dienone is 5. The third-order valence-corrected chi connectivity index (χ3v) is 2.85. The van der Waals surface area contributed by atoms with Crippen LogP contribution < -0.4 is 0 Å². The van der Waals surface area contributed by atoms with E-state index in [0.29, 0.717) is 6.42 Å². The van der Waals surface area contributed by atoms with Crippen molar-refractivity contribution in [2.45, 2.75) is 18.9 Å². The van der Waals surface area contributed by atoms with Gasteiger partial charge in [0, 0.05) is 0 Å². The molecule has 1 fully saturated rings. The van der Waals surface area contributed by atoms with Crippen LogP contribution in [0.1, 0.15) is 12.8 Å². The van der Waals surface area contributed by atoms with E-state index in [-0.39, 0.29) is 18.5 Å². The molecule has 0 N–H and O–H groups in total. The highest BCUT2D eigenvalue weighted by atomic mass is 16.6. The molecule has 2 aliphatic rings. The van der Waals surface area contributed by atoms with Crippen molar-refractivity contribution in [2.24, 2.45) is 0 Å². The molecule has 4 nitrogen and oxygen atoms in total. The molecule has 0 spiro atoms. The zero-order valence-corrected chi connectivity index (χ0v) is 9.76. The lowest BCUT2D eigenvalue weighted by atomic mass is 10.0. The third-order valence-electron chi connectivity index (χ3n) is 2.85. The molecule has 5 heteroatoms. The Bertz CT molecular complexity index is 425. The first-order valence-electron chi connectivity index (χ1n) is 5.67. The molecule has 0 bridgehead atoms. The van der Waals surface area contributed by atoms with Crippen LogP contribution in [-0.2, 0) is 4.74 Å². The zero-order valence-electron chi connectivity index (χ0n) is 9.76. The Kier molecular flexibility index (Phi) is 3.47. The van der Waals surface area contributed by atoms with E-state index in [1.54, 1.807) is 0 Å². The lowest BCUT2D eigenvalue weighted by Crippen LogP contribution is -2.38. The molecular formula is C12H14BNO3. The molecule has 88 valence electrons. The van der Waals surface area contributed by atoms with E-state index in [2.05, 4.69) is 12.2 Å². The molecule has 0 aromatic rings. The Morgan fingerprint density at radius 2 is 2.35 bits per heavy atom. The standard InChI is InChI=1S/C12H14BNO3/c13-11(15)14-10(8-17-12(14)16)7-9-5-3-1-2-4-6-9/h1-3,5-6,10H,4,7-8,13H2/t10-/m0/s1. The van der Waals surface area contributed by atoms with Crippen LogP contribution in [0.5, 0.6) is 0 Å². The summed E-state index contributed by atoms with van der Waals surface area (Å²) in [4.78, 5) is 23.9. The summed E-state index contributed by atoms with van der Waals surface area (Å²) < 4.78 is 4.91. The summed E-state index contributed by atoms with van der Waals surface area (Å²) in [5.74, 6) is -0.256. The normalized spacial score (nSPS) is 23.3. The van der Waals surface area contributed by atoms with Crippen LogP contribution in [0.15, 0.2) is 36.0 Å². The van der Waals surface area contributed by atoms with Gasteiger partial charge in [-0.05, 0) is 18.4 Å². The molecule has 1 saturated heterocycles. The van der Waals surface area contributed by atoms with Crippen LogP contribution in [0.3, 0.4) is 0 Å². The average molecular weight is 231 g/mol. The number of nitrogens with zero attached hydrogens (tertiary/aromatic N) is 1. The Hall–Kier alpha value is -1.78. The van der Waals surface area contributed by atoms with Crippen molar-refractivity contribution in [3.05, 3.63) is 36.0 Å². The lowest BCUT2D eigenvalue weighted by Gasteiger charge is -2.18. The minimum atomic E-state index is -0.529. The first kappa shape index (κ1) is 11.7. The molecule has 0 aromatic carbocycles. The van der Waals surface area contributed by atoms with Gasteiger partial charge in [0.15, 0.2) is 5.81 Å². The van der Waals surface area contributed by atoms with Crippen LogP contribution in [0.2, 0.25) is 0 Å². The SMILES string of the molecule is BC(=O)N1C(=O)OC[C@@H]1CC1=CCC=CC=C1. The summed E-state index contributed by atoms with van der Waals surface area (Å²) in [6.07, 6.45) is 11.1. The Morgan fingerprint density at radius 1 is 1.53 bits per heavy atom. The fourth-order valence-electron chi connectivity index (χ4n) is 2.04. The lowest BCUT2D eigenvalue weighted by molar-refractivity contribution is 0.163. The molecule has 17 heavy (non-hydrogen) atoms. The van der Waals surface area contributed by atoms with Crippen molar-refractivity contribution in [1.82, 2.24) is 4.90 Å². The monoisotopic (exact) mass is 231 g/mol. The predicted molar refractivity (Wildman–Crippen MR) is 66.5 cm³/mol. The van der Waals surface area contributed by atoms with Crippen LogP contribution >= 0.6 is 0 Å². The summed E-state index contributed by atoms with van der Waals surface area (Å²) in [5.41, 5.74) is 1.13. The van der Waals surface area contributed by atoms with Crippen LogP contribution in [0.25, 0.3) is 0 Å². The number of amides is 2. The number of hydrogen-bond donors (Lipinski definition) is 0. The van der Waals surface area contributed by atoms with Crippen molar-refractivity contribution in [2.75, 3.05) is 6.61 Å². The number of carbonyl (C=O) groups is 2. The van der Waals surface area contributed by atoms with Gasteiger partial charge in [0.2, 0.25) is 7.85 Å². The number of carbonyl (C=O) groups excluding carboxylic acids is 2. The van der Waals surface area contributed by atoms with Crippen molar-refractivity contribution < 1.29 is 14.3 Å². The molecule has 1 heterocycles. The average Bonchev–Trinajstić information content (AvgIpc) is 2.51. The highest BCUT2D eigenvalue weighted by Gasteiger charge is 2.35. The molecule has 2 amide bonds. The van der Waals surface area contributed by atoms with Gasteiger partial charge in [-0.25, -0.2) is 9.69 Å². The molecule has 2 rings (SSSR count). The van der Waals surface area contributed by atoms with E-state index in [0.717, 1.165) is 12.0 Å². The molecule has 1 atom stereocenters. The number of hydrogen-bond acceptors (Lipinski definition) is 3. The van der Waals surface area contributed by atoms with Crippen molar-refractivity contribution in [3.8, 4) is 0 Å². The van der Waals surface area contributed by atoms with Crippen LogP contribution in [-0.4, -0.2) is 37.3 Å². The number of ether oxygens (including phenoxy) is 1. The minimum Gasteiger partial charge on any atom is -0.447 e. The molecular weight excluding hydrogens is 217 g/mol. The Balaban J connectivity index is 2.06. The van der Waals surface area contributed by atoms with Crippen molar-refractivity contribution in [3.63, 3.8) is 0 Å². The number of imide groups is 1. The predicted octanol–water partition coefficient (Wildman–Crippen LogP) is 1.39. The maximum Gasteiger partial charge on any atom is 0.416 e. The van der Waals surface area contributed by atoms with E-state index in [9.17, 15) is 9.59 Å². The van der Waals surface area contributed by atoms with Crippen molar-refractivity contribution in [1.29, 1.82) is 0 Å². The summed E-state index contributed by atoms with van der Waals surface area (Å²) in [7, 11) is 1.39. The summed E-state index contributed by atoms with van der Waals surface area (Å²) >= 11 is 0. The highest BCUT2D eigenvalue weighted by molar-refractivity contribution is 6.58. The fourth-order valence-corrected chi connectivity index (χ4v) is 2.04. The van der Waals surface area contributed by atoms with Crippen LogP contribution in [0.4, 0.5) is 9.59 Å². The summed E-state index contributed by atoms with van der Waals surface area (Å²) in [5, 5.41) is 0. The van der Waals surface area contributed by atoms with Gasteiger partial charge in [0.1, 0.15) is 6.61 Å². The van der Waals surface area contributed by atoms with E-state index in [1.165, 1.54) is 12.7 Å². The molecule has 1 aliphatic heterocycles. The Morgan fingerprint density at radius 3 is 3.12 bits per heavy atom. The summed E-state index contributed by atoms with van der Waals surface area (Å²) in [6, 6.07) is -0.172. The van der Waals surface area contributed by atoms with E-state index >= 15 is 0 Å². The number of cyclic esters (lactones) is 1.